The summed E-state index contributed by atoms with van der Waals surface area (Å²) in [6, 6.07) is 7.36. The molecule has 3 aromatic heterocycles. The molecule has 0 fully saturated rings. The first-order valence-electron chi connectivity index (χ1n) is 11.6. The molecule has 12 heteroatoms. The maximum absolute atomic E-state index is 13.0. The van der Waals surface area contributed by atoms with Gasteiger partial charge in [-0.25, -0.2) is 19.6 Å². The number of nitrogens with zero attached hydrogens (tertiary/aromatic N) is 6. The van der Waals surface area contributed by atoms with Gasteiger partial charge in [-0.2, -0.15) is 5.10 Å². The molecular weight excluding hydrogens is 475 g/mol. The van der Waals surface area contributed by atoms with Gasteiger partial charge >= 0.3 is 6.36 Å². The van der Waals surface area contributed by atoms with Crippen LogP contribution >= 0.6 is 0 Å². The van der Waals surface area contributed by atoms with Crippen LogP contribution in [0.25, 0.3) is 17.2 Å². The summed E-state index contributed by atoms with van der Waals surface area (Å²) < 4.78 is 45.1. The van der Waals surface area contributed by atoms with Gasteiger partial charge in [0.25, 0.3) is 5.91 Å². The van der Waals surface area contributed by atoms with Crippen LogP contribution < -0.4 is 5.32 Å². The van der Waals surface area contributed by atoms with Gasteiger partial charge in [0.15, 0.2) is 5.82 Å². The summed E-state index contributed by atoms with van der Waals surface area (Å²) in [6.07, 6.45) is -1.20. The van der Waals surface area contributed by atoms with Gasteiger partial charge in [-0.1, -0.05) is 31.2 Å². The number of carbonyl (C=O) groups excluding carboxylic acids is 1. The van der Waals surface area contributed by atoms with Crippen LogP contribution in [0.2, 0.25) is 0 Å². The average molecular weight is 499 g/mol. The van der Waals surface area contributed by atoms with E-state index in [9.17, 15) is 18.0 Å². The maximum Gasteiger partial charge on any atom is 0.522 e. The van der Waals surface area contributed by atoms with Crippen LogP contribution in [-0.2, 0) is 30.7 Å². The van der Waals surface area contributed by atoms with E-state index < -0.39 is 12.5 Å². The van der Waals surface area contributed by atoms with Gasteiger partial charge in [0.05, 0.1) is 11.8 Å². The minimum atomic E-state index is -4.67. The van der Waals surface area contributed by atoms with E-state index in [1.165, 1.54) is 0 Å². The van der Waals surface area contributed by atoms with Crippen molar-refractivity contribution in [2.45, 2.75) is 58.7 Å². The third-order valence-corrected chi connectivity index (χ3v) is 6.02. The number of nitrogens with one attached hydrogen (secondary N) is 1. The Morgan fingerprint density at radius 3 is 2.72 bits per heavy atom. The number of fused-ring (bicyclic) bond motifs is 2. The van der Waals surface area contributed by atoms with Crippen LogP contribution in [0, 0.1) is 6.92 Å². The van der Waals surface area contributed by atoms with E-state index in [0.29, 0.717) is 48.3 Å². The molecule has 4 aromatic rings. The summed E-state index contributed by atoms with van der Waals surface area (Å²) in [5, 5.41) is 7.37. The van der Waals surface area contributed by atoms with Crippen molar-refractivity contribution in [1.82, 2.24) is 34.4 Å². The molecule has 9 nitrogen and oxygen atoms in total. The molecule has 0 spiro atoms. The van der Waals surface area contributed by atoms with E-state index in [1.54, 1.807) is 15.3 Å². The lowest BCUT2D eigenvalue weighted by molar-refractivity contribution is -0.344. The normalized spacial score (nSPS) is 15.8. The Morgan fingerprint density at radius 2 is 2.00 bits per heavy atom. The highest BCUT2D eigenvalue weighted by Crippen LogP contribution is 2.26. The molecule has 0 saturated heterocycles. The van der Waals surface area contributed by atoms with Crippen LogP contribution in [-0.4, -0.2) is 47.5 Å². The van der Waals surface area contributed by atoms with Crippen LogP contribution in [0.4, 0.5) is 13.2 Å². The lowest BCUT2D eigenvalue weighted by Gasteiger charge is -2.23. The van der Waals surface area contributed by atoms with Crippen molar-refractivity contribution >= 4 is 11.7 Å². The summed E-state index contributed by atoms with van der Waals surface area (Å²) in [7, 11) is 0. The molecule has 0 aliphatic carbocycles. The van der Waals surface area contributed by atoms with E-state index >= 15 is 0 Å². The number of alkyl halides is 3. The Kier molecular flexibility index (Phi) is 6.20. The topological polar surface area (TPSA) is 99.2 Å². The van der Waals surface area contributed by atoms with Crippen molar-refractivity contribution in [2.24, 2.45) is 0 Å². The Bertz CT molecular complexity index is 1410. The van der Waals surface area contributed by atoms with Crippen molar-refractivity contribution in [3.8, 4) is 11.4 Å². The number of hydrogen-bond acceptors (Lipinski definition) is 6. The Balaban J connectivity index is 1.26. The predicted octanol–water partition coefficient (Wildman–Crippen LogP) is 3.64. The zero-order valence-electron chi connectivity index (χ0n) is 19.7. The molecule has 4 heterocycles. The molecule has 1 amide bonds. The number of rotatable bonds is 6. The van der Waals surface area contributed by atoms with E-state index in [4.69, 9.17) is 0 Å². The minimum Gasteiger partial charge on any atom is -0.347 e. The van der Waals surface area contributed by atoms with Gasteiger partial charge in [0.1, 0.15) is 11.5 Å². The number of halogens is 3. The summed E-state index contributed by atoms with van der Waals surface area (Å²) in [6.45, 7) is 4.46. The first-order valence-corrected chi connectivity index (χ1v) is 11.6. The summed E-state index contributed by atoms with van der Waals surface area (Å²) in [4.78, 5) is 26.2. The molecule has 1 atom stereocenters. The van der Waals surface area contributed by atoms with E-state index in [1.807, 2.05) is 44.3 Å². The van der Waals surface area contributed by atoms with Gasteiger partial charge in [-0.15, -0.1) is 13.2 Å². The van der Waals surface area contributed by atoms with Crippen molar-refractivity contribution in [1.29, 1.82) is 0 Å². The fraction of sp³-hybridized carbons (Fsp3) is 0.375. The third kappa shape index (κ3) is 4.94. The van der Waals surface area contributed by atoms with Crippen LogP contribution in [0.1, 0.15) is 46.5 Å². The monoisotopic (exact) mass is 499 g/mol. The molecule has 5 rings (SSSR count). The number of hydrogen-bond donors (Lipinski definition) is 1. The van der Waals surface area contributed by atoms with E-state index in [-0.39, 0.29) is 18.7 Å². The fourth-order valence-corrected chi connectivity index (χ4v) is 4.29. The standard InChI is InChI=1S/C24H24F3N7O2/c1-3-18-20(33-13-14(2)11-29-23(33)30-18)22(35)28-12-15-4-6-16(7-5-15)21-31-19-10-17(36-24(25,26)27)8-9-34(19)32-21/h4-7,11,13,17H,3,8-10,12H2,1-2H3,(H,28,35). The molecule has 0 radical (unpaired) electrons. The molecular formula is C24H24F3N7O2. The first-order chi connectivity index (χ1) is 17.2. The Morgan fingerprint density at radius 1 is 1.22 bits per heavy atom. The molecule has 1 aliphatic rings. The Labute approximate surface area is 204 Å². The molecule has 1 unspecified atom stereocenters. The van der Waals surface area contributed by atoms with E-state index in [0.717, 1.165) is 16.7 Å². The predicted molar refractivity (Wildman–Crippen MR) is 123 cm³/mol. The average Bonchev–Trinajstić information content (AvgIpc) is 3.42. The number of amides is 1. The number of imidazole rings is 1. The minimum absolute atomic E-state index is 0.0503. The van der Waals surface area contributed by atoms with Crippen molar-refractivity contribution < 1.29 is 22.7 Å². The summed E-state index contributed by atoms with van der Waals surface area (Å²) in [5.74, 6) is 1.15. The molecule has 36 heavy (non-hydrogen) atoms. The van der Waals surface area contributed by atoms with Gasteiger partial charge in [-0.05, 0) is 30.9 Å². The first kappa shape index (κ1) is 23.9. The fourth-order valence-electron chi connectivity index (χ4n) is 4.29. The highest BCUT2D eigenvalue weighted by atomic mass is 19.4. The Hall–Kier alpha value is -3.80. The third-order valence-electron chi connectivity index (χ3n) is 6.02. The second-order valence-corrected chi connectivity index (χ2v) is 8.69. The van der Waals surface area contributed by atoms with Crippen LogP contribution in [0.3, 0.4) is 0 Å². The summed E-state index contributed by atoms with van der Waals surface area (Å²) in [5.41, 5.74) is 3.68. The molecule has 188 valence electrons. The SMILES string of the molecule is CCc1nc2ncc(C)cn2c1C(=O)NCc1ccc(-c2nc3n(n2)CCC(OC(F)(F)F)C3)cc1. The number of ether oxygens (including phenoxy) is 1. The lowest BCUT2D eigenvalue weighted by Crippen LogP contribution is -2.31. The zero-order chi connectivity index (χ0) is 25.4. The quantitative estimate of drug-likeness (QED) is 0.435. The van der Waals surface area contributed by atoms with E-state index in [2.05, 4.69) is 30.1 Å². The van der Waals surface area contributed by atoms with Crippen molar-refractivity contribution in [2.75, 3.05) is 0 Å². The van der Waals surface area contributed by atoms with Crippen molar-refractivity contribution in [3.63, 3.8) is 0 Å². The highest BCUT2D eigenvalue weighted by Gasteiger charge is 2.36. The van der Waals surface area contributed by atoms with Gasteiger partial charge in [0, 0.05) is 37.5 Å². The van der Waals surface area contributed by atoms with Crippen LogP contribution in [0.15, 0.2) is 36.7 Å². The van der Waals surface area contributed by atoms with Gasteiger partial charge in [-0.3, -0.25) is 13.9 Å². The van der Waals surface area contributed by atoms with Crippen LogP contribution in [0.5, 0.6) is 0 Å². The molecule has 0 saturated carbocycles. The lowest BCUT2D eigenvalue weighted by atomic mass is 10.1. The summed E-state index contributed by atoms with van der Waals surface area (Å²) >= 11 is 0. The molecule has 1 aromatic carbocycles. The smallest absolute Gasteiger partial charge is 0.347 e. The second kappa shape index (κ2) is 9.34. The largest absolute Gasteiger partial charge is 0.522 e. The van der Waals surface area contributed by atoms with Crippen molar-refractivity contribution in [3.05, 3.63) is 65.0 Å². The number of carbonyl (C=O) groups is 1. The van der Waals surface area contributed by atoms with Gasteiger partial charge in [0.2, 0.25) is 5.78 Å². The van der Waals surface area contributed by atoms with Gasteiger partial charge < -0.3 is 5.32 Å². The number of benzene rings is 1. The highest BCUT2D eigenvalue weighted by molar-refractivity contribution is 5.94. The molecule has 1 aliphatic heterocycles. The maximum atomic E-state index is 13.0. The number of aryl methyl sites for hydroxylation is 3. The number of aromatic nitrogens is 6. The second-order valence-electron chi connectivity index (χ2n) is 8.69. The zero-order valence-corrected chi connectivity index (χ0v) is 19.7. The molecule has 1 N–H and O–H groups in total. The molecule has 0 bridgehead atoms.